The zero-order valence-corrected chi connectivity index (χ0v) is 41.0. The number of fused-ring (bicyclic) bond motifs is 6. The lowest BCUT2D eigenvalue weighted by Gasteiger charge is -2.14. The van der Waals surface area contributed by atoms with Crippen molar-refractivity contribution in [3.05, 3.63) is 233 Å². The normalized spacial score (nSPS) is 11.9. The third kappa shape index (κ3) is 10.8. The zero-order valence-electron chi connectivity index (χ0n) is 41.0. The molecule has 0 atom stereocenters. The van der Waals surface area contributed by atoms with Gasteiger partial charge in [-0.25, -0.2) is 34.5 Å². The lowest BCUT2D eigenvalue weighted by atomic mass is 9.98. The average molecular weight is 1030 g/mol. The summed E-state index contributed by atoms with van der Waals surface area (Å²) in [6, 6.07) is 54.5. The molecule has 0 fully saturated rings. The topological polar surface area (TPSA) is 258 Å². The van der Waals surface area contributed by atoms with Gasteiger partial charge < -0.3 is 30.7 Å². The molecule has 5 heterocycles. The number of anilines is 6. The van der Waals surface area contributed by atoms with Gasteiger partial charge in [0.25, 0.3) is 23.6 Å². The van der Waals surface area contributed by atoms with Crippen LogP contribution in [0.1, 0.15) is 76.0 Å². The average Bonchev–Trinajstić information content (AvgIpc) is 3.99. The van der Waals surface area contributed by atoms with Crippen molar-refractivity contribution in [2.75, 3.05) is 45.1 Å². The van der Waals surface area contributed by atoms with E-state index in [1.165, 1.54) is 60.7 Å². The molecule has 0 saturated heterocycles. The van der Waals surface area contributed by atoms with Crippen molar-refractivity contribution >= 4 is 70.7 Å². The third-order valence-electron chi connectivity index (χ3n) is 12.8. The molecule has 19 nitrogen and oxygen atoms in total. The minimum Gasteiger partial charge on any atom is -0.448 e. The molecule has 0 aliphatic heterocycles. The van der Waals surface area contributed by atoms with Crippen LogP contribution in [0, 0.1) is 0 Å². The van der Waals surface area contributed by atoms with Gasteiger partial charge in [-0.15, -0.1) is 0 Å². The van der Waals surface area contributed by atoms with Gasteiger partial charge in [-0.3, -0.25) is 29.8 Å². The van der Waals surface area contributed by atoms with Crippen molar-refractivity contribution in [1.82, 2.24) is 24.9 Å². The zero-order chi connectivity index (χ0) is 53.5. The highest BCUT2D eigenvalue weighted by Gasteiger charge is 2.31. The van der Waals surface area contributed by atoms with Crippen LogP contribution in [-0.4, -0.2) is 73.9 Å². The maximum Gasteiger partial charge on any atom is 0.412 e. The summed E-state index contributed by atoms with van der Waals surface area (Å²) in [7, 11) is 0. The predicted octanol–water partition coefficient (Wildman–Crippen LogP) is 10.4. The van der Waals surface area contributed by atoms with Crippen LogP contribution in [0.5, 0.6) is 0 Å². The van der Waals surface area contributed by atoms with E-state index >= 15 is 0 Å². The number of ether oxygens (including phenoxy) is 2. The highest BCUT2D eigenvalue weighted by atomic mass is 16.6. The first kappa shape index (κ1) is 49.3. The van der Waals surface area contributed by atoms with Crippen LogP contribution >= 0.6 is 0 Å². The maximum atomic E-state index is 13.4. The largest absolute Gasteiger partial charge is 0.448 e. The number of hydrogen-bond donors (Lipinski definition) is 6. The van der Waals surface area contributed by atoms with Crippen LogP contribution < -0.4 is 31.9 Å². The first-order valence-electron chi connectivity index (χ1n) is 24.4. The number of hydrogen-bond acceptors (Lipinski definition) is 13. The van der Waals surface area contributed by atoms with E-state index in [2.05, 4.69) is 81.1 Å². The van der Waals surface area contributed by atoms with Crippen LogP contribution in [-0.2, 0) is 9.47 Å². The van der Waals surface area contributed by atoms with Gasteiger partial charge in [0.1, 0.15) is 70.9 Å². The Morgan fingerprint density at radius 2 is 0.538 bits per heavy atom. The van der Waals surface area contributed by atoms with E-state index in [1.807, 2.05) is 72.8 Å². The standard InChI is InChI=1S/C59H43N11O8/c71-54(44-22-9-24-46(60-44)56(73)67-50-28-12-30-52(63-50)69-58(75)77-32-42-38-18-5-1-14-34(38)35-15-2-6-19-39(35)42)65-48-26-11-27-49(62-48)66-55(72)45-23-10-25-47(61-45)57(74)68-51-29-13-31-53(64-51)70-59(76)78-33-43-40-20-7-3-16-36(40)37-17-4-8-21-41(37)43/h1-31,42-43H,32-33H2,(H2,62,65,66,71,72)(H2,63,67,69,73,75)(H2,64,68,70,74,76). The number of carbonyl (C=O) groups excluding carboxylic acids is 6. The number of aromatic nitrogens is 5. The molecule has 2 aliphatic carbocycles. The Morgan fingerprint density at radius 3 is 0.821 bits per heavy atom. The number of nitrogens with zero attached hydrogens (tertiary/aromatic N) is 5. The highest BCUT2D eigenvalue weighted by Crippen LogP contribution is 2.46. The van der Waals surface area contributed by atoms with Crippen molar-refractivity contribution in [2.45, 2.75) is 11.8 Å². The molecule has 0 radical (unpaired) electrons. The first-order valence-corrected chi connectivity index (χ1v) is 24.4. The number of benzene rings is 4. The first-order chi connectivity index (χ1) is 38.1. The van der Waals surface area contributed by atoms with Gasteiger partial charge >= 0.3 is 12.2 Å². The lowest BCUT2D eigenvalue weighted by Crippen LogP contribution is -2.21. The maximum absolute atomic E-state index is 13.4. The second-order valence-corrected chi connectivity index (χ2v) is 17.8. The summed E-state index contributed by atoms with van der Waals surface area (Å²) in [5, 5.41) is 15.7. The Kier molecular flexibility index (Phi) is 13.8. The Morgan fingerprint density at radius 1 is 0.295 bits per heavy atom. The van der Waals surface area contributed by atoms with Crippen LogP contribution in [0.25, 0.3) is 22.3 Å². The summed E-state index contributed by atoms with van der Waals surface area (Å²) in [4.78, 5) is 101. The van der Waals surface area contributed by atoms with E-state index in [0.717, 1.165) is 44.5 Å². The second kappa shape index (κ2) is 21.9. The molecule has 6 amide bonds. The number of rotatable bonds is 14. The molecule has 9 aromatic rings. The van der Waals surface area contributed by atoms with E-state index in [1.54, 1.807) is 30.3 Å². The molecule has 2 aliphatic rings. The van der Waals surface area contributed by atoms with Gasteiger partial charge in [-0.2, -0.15) is 0 Å². The molecular formula is C59H43N11O8. The Labute approximate surface area is 444 Å². The molecule has 5 aromatic heterocycles. The molecule has 0 saturated carbocycles. The van der Waals surface area contributed by atoms with Gasteiger partial charge in [-0.05, 0) is 105 Å². The fourth-order valence-corrected chi connectivity index (χ4v) is 9.30. The van der Waals surface area contributed by atoms with Crippen LogP contribution in [0.15, 0.2) is 188 Å². The molecule has 78 heavy (non-hydrogen) atoms. The van der Waals surface area contributed by atoms with Gasteiger partial charge in [0.15, 0.2) is 0 Å². The smallest absolute Gasteiger partial charge is 0.412 e. The molecule has 11 rings (SSSR count). The van der Waals surface area contributed by atoms with Crippen molar-refractivity contribution in [2.24, 2.45) is 0 Å². The summed E-state index contributed by atoms with van der Waals surface area (Å²) < 4.78 is 11.3. The summed E-state index contributed by atoms with van der Waals surface area (Å²) in [6.07, 6.45) is -1.44. The molecule has 6 N–H and O–H groups in total. The molecule has 382 valence electrons. The van der Waals surface area contributed by atoms with E-state index in [-0.39, 0.29) is 82.7 Å². The van der Waals surface area contributed by atoms with E-state index < -0.39 is 35.8 Å². The van der Waals surface area contributed by atoms with Gasteiger partial charge in [-0.1, -0.05) is 127 Å². The SMILES string of the molecule is O=C(Nc1cccc(NC(=O)c2cccc(C(=O)Nc3cccc(NC(=O)c4cccc(C(=O)Nc5cccc(NC(=O)OCC6c7ccccc7-c7ccccc76)n5)n4)n3)n2)n1)OCC1c2ccccc2-c2ccccc21. The number of pyridine rings is 5. The molecule has 0 unspecified atom stereocenters. The monoisotopic (exact) mass is 1030 g/mol. The Bertz CT molecular complexity index is 3520. The Balaban J connectivity index is 0.654. The van der Waals surface area contributed by atoms with E-state index in [0.29, 0.717) is 0 Å². The van der Waals surface area contributed by atoms with E-state index in [9.17, 15) is 28.8 Å². The number of carbonyl (C=O) groups is 6. The fraction of sp³-hybridized carbons (Fsp3) is 0.0678. The van der Waals surface area contributed by atoms with Crippen molar-refractivity contribution in [3.63, 3.8) is 0 Å². The molecular weight excluding hydrogens is 991 g/mol. The van der Waals surface area contributed by atoms with Crippen molar-refractivity contribution in [1.29, 1.82) is 0 Å². The number of amides is 6. The summed E-state index contributed by atoms with van der Waals surface area (Å²) >= 11 is 0. The van der Waals surface area contributed by atoms with Crippen LogP contribution in [0.4, 0.5) is 44.5 Å². The minimum atomic E-state index is -0.719. The Hall–Kier alpha value is -11.0. The van der Waals surface area contributed by atoms with Crippen LogP contribution in [0.2, 0.25) is 0 Å². The van der Waals surface area contributed by atoms with Gasteiger partial charge in [0.05, 0.1) is 0 Å². The summed E-state index contributed by atoms with van der Waals surface area (Å²) in [5.74, 6) is -2.48. The van der Waals surface area contributed by atoms with E-state index in [4.69, 9.17) is 9.47 Å². The summed E-state index contributed by atoms with van der Waals surface area (Å²) in [5.41, 5.74) is 8.26. The van der Waals surface area contributed by atoms with Gasteiger partial charge in [0.2, 0.25) is 0 Å². The minimum absolute atomic E-state index is 0.0447. The van der Waals surface area contributed by atoms with Gasteiger partial charge in [0, 0.05) is 11.8 Å². The highest BCUT2D eigenvalue weighted by molar-refractivity contribution is 6.07. The predicted molar refractivity (Wildman–Crippen MR) is 290 cm³/mol. The summed E-state index contributed by atoms with van der Waals surface area (Å²) in [6.45, 7) is 0.211. The van der Waals surface area contributed by atoms with Crippen molar-refractivity contribution < 1.29 is 38.2 Å². The van der Waals surface area contributed by atoms with Crippen molar-refractivity contribution in [3.8, 4) is 22.3 Å². The third-order valence-corrected chi connectivity index (χ3v) is 12.8. The lowest BCUT2D eigenvalue weighted by molar-refractivity contribution is 0.0998. The van der Waals surface area contributed by atoms with Crippen LogP contribution in [0.3, 0.4) is 0 Å². The number of nitrogens with one attached hydrogen (secondary N) is 6. The fourth-order valence-electron chi connectivity index (χ4n) is 9.30. The molecule has 4 aromatic carbocycles. The second-order valence-electron chi connectivity index (χ2n) is 17.8. The molecule has 0 spiro atoms. The molecule has 19 heteroatoms. The quantitative estimate of drug-likeness (QED) is 0.0593. The molecule has 0 bridgehead atoms.